The lowest BCUT2D eigenvalue weighted by Gasteiger charge is -2.10. The molecule has 0 saturated carbocycles. The van der Waals surface area contributed by atoms with E-state index in [4.69, 9.17) is 9.47 Å². The van der Waals surface area contributed by atoms with Gasteiger partial charge in [-0.2, -0.15) is 0 Å². The minimum atomic E-state index is -0.286. The van der Waals surface area contributed by atoms with Crippen LogP contribution in [0.2, 0.25) is 0 Å². The van der Waals surface area contributed by atoms with Gasteiger partial charge in [0.05, 0.1) is 12.4 Å². The van der Waals surface area contributed by atoms with E-state index in [-0.39, 0.29) is 17.3 Å². The summed E-state index contributed by atoms with van der Waals surface area (Å²) in [4.78, 5) is 16.7. The molecular formula is C17H22N4O3S. The van der Waals surface area contributed by atoms with Gasteiger partial charge in [-0.1, -0.05) is 23.9 Å². The number of benzene rings is 1. The smallest absolute Gasteiger partial charge is 0.233 e. The lowest BCUT2D eigenvalue weighted by atomic mass is 10.2. The number of aromatic nitrogens is 3. The first-order valence-electron chi connectivity index (χ1n) is 8.27. The van der Waals surface area contributed by atoms with Crippen LogP contribution in [0.15, 0.2) is 29.4 Å². The lowest BCUT2D eigenvalue weighted by Crippen LogP contribution is -2.30. The molecule has 1 aliphatic heterocycles. The van der Waals surface area contributed by atoms with Gasteiger partial charge in [0, 0.05) is 13.2 Å². The van der Waals surface area contributed by atoms with Crippen molar-refractivity contribution in [2.45, 2.75) is 42.8 Å². The summed E-state index contributed by atoms with van der Waals surface area (Å²) in [5.74, 6) is 1.49. The zero-order chi connectivity index (χ0) is 17.6. The van der Waals surface area contributed by atoms with Gasteiger partial charge >= 0.3 is 0 Å². The van der Waals surface area contributed by atoms with Crippen molar-refractivity contribution in [3.05, 3.63) is 35.7 Å². The second-order valence-electron chi connectivity index (χ2n) is 5.83. The van der Waals surface area contributed by atoms with Crippen molar-refractivity contribution < 1.29 is 14.3 Å². The number of carbonyl (C=O) groups excluding carboxylic acids is 1. The molecule has 2 N–H and O–H groups in total. The Hall–Kier alpha value is -2.06. The van der Waals surface area contributed by atoms with Gasteiger partial charge in [0.2, 0.25) is 11.1 Å². The molecule has 25 heavy (non-hydrogen) atoms. The summed E-state index contributed by atoms with van der Waals surface area (Å²) in [7, 11) is 1.63. The Morgan fingerprint density at radius 2 is 2.28 bits per heavy atom. The Kier molecular flexibility index (Phi) is 5.93. The molecule has 2 heterocycles. The number of hydrogen-bond donors (Lipinski definition) is 2. The molecule has 1 aromatic carbocycles. The molecular weight excluding hydrogens is 340 g/mol. The predicted octanol–water partition coefficient (Wildman–Crippen LogP) is 2.46. The second kappa shape index (κ2) is 8.35. The molecule has 1 aromatic heterocycles. The number of amides is 1. The summed E-state index contributed by atoms with van der Waals surface area (Å²) in [6, 6.07) is 7.61. The maximum atomic E-state index is 12.3. The fourth-order valence-corrected chi connectivity index (χ4v) is 3.29. The number of nitrogens with one attached hydrogen (secondary N) is 2. The minimum Gasteiger partial charge on any atom is -0.497 e. The highest BCUT2D eigenvalue weighted by Crippen LogP contribution is 2.28. The third-order valence-electron chi connectivity index (χ3n) is 3.99. The number of hydrogen-bond acceptors (Lipinski definition) is 6. The number of methoxy groups -OCH3 is 1. The Balaban J connectivity index is 1.48. The Labute approximate surface area is 150 Å². The zero-order valence-corrected chi connectivity index (χ0v) is 15.1. The number of carbonyl (C=O) groups is 1. The maximum absolute atomic E-state index is 12.3. The third kappa shape index (κ3) is 4.73. The van der Waals surface area contributed by atoms with Crippen molar-refractivity contribution in [1.82, 2.24) is 20.5 Å². The van der Waals surface area contributed by atoms with E-state index in [0.717, 1.165) is 36.6 Å². The van der Waals surface area contributed by atoms with Gasteiger partial charge in [-0.15, -0.1) is 5.10 Å². The molecule has 0 spiro atoms. The summed E-state index contributed by atoms with van der Waals surface area (Å²) in [5, 5.41) is 10.3. The van der Waals surface area contributed by atoms with Crippen molar-refractivity contribution in [2.24, 2.45) is 0 Å². The molecule has 1 amide bonds. The Morgan fingerprint density at radius 3 is 2.96 bits per heavy atom. The van der Waals surface area contributed by atoms with Crippen molar-refractivity contribution >= 4 is 17.7 Å². The number of rotatable bonds is 7. The van der Waals surface area contributed by atoms with Gasteiger partial charge in [0.1, 0.15) is 11.9 Å². The first-order valence-corrected chi connectivity index (χ1v) is 9.15. The molecule has 0 radical (unpaired) electrons. The molecule has 0 aliphatic carbocycles. The van der Waals surface area contributed by atoms with Gasteiger partial charge in [-0.25, -0.2) is 4.98 Å². The van der Waals surface area contributed by atoms with Crippen LogP contribution < -0.4 is 10.1 Å². The fourth-order valence-electron chi connectivity index (χ4n) is 2.54. The highest BCUT2D eigenvalue weighted by Gasteiger charge is 2.23. The summed E-state index contributed by atoms with van der Waals surface area (Å²) in [6.45, 7) is 3.08. The largest absolute Gasteiger partial charge is 0.497 e. The van der Waals surface area contributed by atoms with E-state index in [1.165, 1.54) is 11.8 Å². The second-order valence-corrected chi connectivity index (χ2v) is 7.14. The molecule has 2 aromatic rings. The number of aromatic amines is 1. The average Bonchev–Trinajstić information content (AvgIpc) is 3.31. The van der Waals surface area contributed by atoms with E-state index in [9.17, 15) is 4.79 Å². The van der Waals surface area contributed by atoms with Crippen LogP contribution in [0.3, 0.4) is 0 Å². The molecule has 2 atom stereocenters. The van der Waals surface area contributed by atoms with Gasteiger partial charge in [0.25, 0.3) is 0 Å². The number of thioether (sulfide) groups is 1. The van der Waals surface area contributed by atoms with Crippen molar-refractivity contribution in [3.63, 3.8) is 0 Å². The van der Waals surface area contributed by atoms with Gasteiger partial charge < -0.3 is 14.8 Å². The van der Waals surface area contributed by atoms with Crippen molar-refractivity contribution in [1.29, 1.82) is 0 Å². The molecule has 0 unspecified atom stereocenters. The summed E-state index contributed by atoms with van der Waals surface area (Å²) < 4.78 is 10.7. The van der Waals surface area contributed by atoms with Crippen molar-refractivity contribution in [2.75, 3.05) is 13.7 Å². The monoisotopic (exact) mass is 362 g/mol. The van der Waals surface area contributed by atoms with E-state index >= 15 is 0 Å². The third-order valence-corrected chi connectivity index (χ3v) is 4.96. The predicted molar refractivity (Wildman–Crippen MR) is 94.5 cm³/mol. The van der Waals surface area contributed by atoms with Crippen LogP contribution in [0.4, 0.5) is 0 Å². The molecule has 3 rings (SSSR count). The van der Waals surface area contributed by atoms with Crippen LogP contribution in [0, 0.1) is 0 Å². The highest BCUT2D eigenvalue weighted by atomic mass is 32.2. The van der Waals surface area contributed by atoms with Gasteiger partial charge in [-0.05, 0) is 37.5 Å². The summed E-state index contributed by atoms with van der Waals surface area (Å²) in [6.07, 6.45) is 2.00. The zero-order valence-electron chi connectivity index (χ0n) is 14.3. The van der Waals surface area contributed by atoms with Crippen molar-refractivity contribution in [3.8, 4) is 5.75 Å². The summed E-state index contributed by atoms with van der Waals surface area (Å²) in [5.41, 5.74) is 1.02. The lowest BCUT2D eigenvalue weighted by molar-refractivity contribution is -0.120. The molecule has 1 fully saturated rings. The van der Waals surface area contributed by atoms with E-state index < -0.39 is 0 Å². The molecule has 1 saturated heterocycles. The molecule has 0 bridgehead atoms. The molecule has 7 nitrogen and oxygen atoms in total. The quantitative estimate of drug-likeness (QED) is 0.736. The molecule has 134 valence electrons. The van der Waals surface area contributed by atoms with Gasteiger partial charge in [0.15, 0.2) is 5.82 Å². The topological polar surface area (TPSA) is 89.1 Å². The van der Waals surface area contributed by atoms with Crippen LogP contribution in [0.1, 0.15) is 37.3 Å². The van der Waals surface area contributed by atoms with E-state index in [0.29, 0.717) is 11.7 Å². The highest BCUT2D eigenvalue weighted by molar-refractivity contribution is 8.00. The molecule has 1 aliphatic rings. The SMILES string of the molecule is COc1ccc(CNC(=O)[C@@H](C)Sc2n[nH]c([C@H]3CCCO3)n2)cc1. The van der Waals surface area contributed by atoms with Crippen LogP contribution in [-0.2, 0) is 16.1 Å². The maximum Gasteiger partial charge on any atom is 0.233 e. The van der Waals surface area contributed by atoms with Gasteiger partial charge in [-0.3, -0.25) is 9.89 Å². The minimum absolute atomic E-state index is 0.000977. The van der Waals surface area contributed by atoms with Crippen LogP contribution in [-0.4, -0.2) is 40.1 Å². The number of H-pyrrole nitrogens is 1. The fraction of sp³-hybridized carbons (Fsp3) is 0.471. The number of ether oxygens (including phenoxy) is 2. The summed E-state index contributed by atoms with van der Waals surface area (Å²) >= 11 is 1.33. The first-order chi connectivity index (χ1) is 12.2. The Morgan fingerprint density at radius 1 is 1.48 bits per heavy atom. The molecule has 8 heteroatoms. The van der Waals surface area contributed by atoms with E-state index in [1.807, 2.05) is 31.2 Å². The van der Waals surface area contributed by atoms with Crippen LogP contribution in [0.25, 0.3) is 0 Å². The normalized spacial score (nSPS) is 18.1. The first kappa shape index (κ1) is 17.8. The van der Waals surface area contributed by atoms with Crippen LogP contribution >= 0.6 is 11.8 Å². The number of nitrogens with zero attached hydrogens (tertiary/aromatic N) is 2. The average molecular weight is 362 g/mol. The van der Waals surface area contributed by atoms with E-state index in [1.54, 1.807) is 7.11 Å². The standard InChI is InChI=1S/C17H22N4O3S/c1-11(16(22)18-10-12-5-7-13(23-2)8-6-12)25-17-19-15(20-21-17)14-4-3-9-24-14/h5-8,11,14H,3-4,9-10H2,1-2H3,(H,18,22)(H,19,20,21)/t11-,14-/m1/s1. The van der Waals surface area contributed by atoms with Crippen LogP contribution in [0.5, 0.6) is 5.75 Å². The van der Waals surface area contributed by atoms with E-state index in [2.05, 4.69) is 20.5 Å². The Bertz CT molecular complexity index is 698.